The molecule has 4 heterocycles. The average Bonchev–Trinajstić information content (AvgIpc) is 3.79. The molecule has 0 atom stereocenters. The van der Waals surface area contributed by atoms with E-state index in [-0.39, 0.29) is 0 Å². The molecule has 0 saturated carbocycles. The maximum Gasteiger partial charge on any atom is 0.160 e. The molecule has 0 saturated heterocycles. The fourth-order valence-electron chi connectivity index (χ4n) is 7.74. The van der Waals surface area contributed by atoms with Gasteiger partial charge in [-0.25, -0.2) is 15.0 Å². The second-order valence-electron chi connectivity index (χ2n) is 13.1. The minimum atomic E-state index is 0.630. The summed E-state index contributed by atoms with van der Waals surface area (Å²) in [4.78, 5) is 15.9. The van der Waals surface area contributed by atoms with Crippen molar-refractivity contribution >= 4 is 65.6 Å². The van der Waals surface area contributed by atoms with Gasteiger partial charge in [0.25, 0.3) is 0 Å². The largest absolute Gasteiger partial charge is 0.456 e. The van der Waals surface area contributed by atoms with Crippen molar-refractivity contribution in [1.82, 2.24) is 15.0 Å². The molecule has 242 valence electrons. The normalized spacial score (nSPS) is 11.8. The Balaban J connectivity index is 1.25. The molecule has 0 spiro atoms. The van der Waals surface area contributed by atoms with E-state index in [2.05, 4.69) is 97.1 Å². The van der Waals surface area contributed by atoms with Gasteiger partial charge in [-0.15, -0.1) is 0 Å². The Labute approximate surface area is 297 Å². The van der Waals surface area contributed by atoms with Crippen molar-refractivity contribution in [2.75, 3.05) is 0 Å². The van der Waals surface area contributed by atoms with Gasteiger partial charge in [0, 0.05) is 60.0 Å². The van der Waals surface area contributed by atoms with Gasteiger partial charge < -0.3 is 8.83 Å². The van der Waals surface area contributed by atoms with Gasteiger partial charge in [-0.3, -0.25) is 0 Å². The fraction of sp³-hybridized carbons (Fsp3) is 0. The van der Waals surface area contributed by atoms with Crippen molar-refractivity contribution in [2.24, 2.45) is 0 Å². The van der Waals surface area contributed by atoms with Crippen LogP contribution in [0.3, 0.4) is 0 Å². The molecule has 0 amide bonds. The van der Waals surface area contributed by atoms with Crippen molar-refractivity contribution in [1.29, 1.82) is 0 Å². The zero-order valence-electron chi connectivity index (χ0n) is 27.7. The number of hydrogen-bond donors (Lipinski definition) is 0. The molecule has 11 aromatic rings. The van der Waals surface area contributed by atoms with Crippen LogP contribution in [0.2, 0.25) is 0 Å². The molecule has 0 unspecified atom stereocenters. The molecular weight excluding hydrogens is 639 g/mol. The van der Waals surface area contributed by atoms with Crippen LogP contribution >= 0.6 is 0 Å². The van der Waals surface area contributed by atoms with Crippen LogP contribution in [-0.2, 0) is 0 Å². The topological polar surface area (TPSA) is 65.0 Å². The standard InChI is InChI=1S/C47H27N3O2/c1-3-13-28(14-4-1)44-36-25-26-41-43(34-18-8-10-24-40(34)51-41)42(36)35-22-12-20-32(45(35)50-44)37-27-38(49-47(48-37)29-15-5-2-6-16-29)33-21-11-19-31-30-17-7-9-23-39(30)52-46(31)33/h1-27H. The summed E-state index contributed by atoms with van der Waals surface area (Å²) in [5.41, 5.74) is 10.5. The molecule has 0 aliphatic heterocycles. The van der Waals surface area contributed by atoms with Crippen molar-refractivity contribution in [2.45, 2.75) is 0 Å². The Bertz CT molecular complexity index is 3180. The molecule has 0 aliphatic rings. The van der Waals surface area contributed by atoms with Crippen LogP contribution in [0.25, 0.3) is 111 Å². The average molecular weight is 666 g/mol. The molecule has 0 fully saturated rings. The first kappa shape index (κ1) is 28.7. The molecule has 52 heavy (non-hydrogen) atoms. The molecule has 7 aromatic carbocycles. The van der Waals surface area contributed by atoms with E-state index in [9.17, 15) is 0 Å². The van der Waals surface area contributed by atoms with Gasteiger partial charge in [0.05, 0.1) is 22.6 Å². The van der Waals surface area contributed by atoms with Crippen molar-refractivity contribution in [3.05, 3.63) is 164 Å². The van der Waals surface area contributed by atoms with Gasteiger partial charge in [-0.2, -0.15) is 0 Å². The van der Waals surface area contributed by atoms with Gasteiger partial charge >= 0.3 is 0 Å². The Hall–Kier alpha value is -7.11. The third-order valence-corrected chi connectivity index (χ3v) is 10.1. The number of furan rings is 2. The number of hydrogen-bond acceptors (Lipinski definition) is 5. The monoisotopic (exact) mass is 665 g/mol. The second kappa shape index (κ2) is 11.2. The lowest BCUT2D eigenvalue weighted by Crippen LogP contribution is -1.98. The van der Waals surface area contributed by atoms with E-state index in [1.165, 1.54) is 0 Å². The number of fused-ring (bicyclic) bond motifs is 10. The molecule has 0 N–H and O–H groups in total. The lowest BCUT2D eigenvalue weighted by molar-refractivity contribution is 0.669. The zero-order valence-corrected chi connectivity index (χ0v) is 27.7. The van der Waals surface area contributed by atoms with Gasteiger partial charge in [0.1, 0.15) is 22.3 Å². The zero-order chi connectivity index (χ0) is 34.2. The summed E-state index contributed by atoms with van der Waals surface area (Å²) in [6.07, 6.45) is 0. The van der Waals surface area contributed by atoms with Crippen LogP contribution in [0, 0.1) is 0 Å². The number of para-hydroxylation sites is 4. The SMILES string of the molecule is c1ccc(-c2nc(-c3cccc4c3nc(-c3ccccc3)c3ccc5oc6ccccc6c5c34)cc(-c3cccc4c3oc3ccccc34)n2)cc1. The maximum atomic E-state index is 6.50. The summed E-state index contributed by atoms with van der Waals surface area (Å²) in [7, 11) is 0. The van der Waals surface area contributed by atoms with Crippen LogP contribution in [0.1, 0.15) is 0 Å². The van der Waals surface area contributed by atoms with Gasteiger partial charge in [-0.1, -0.05) is 127 Å². The Morgan fingerprint density at radius 1 is 0.365 bits per heavy atom. The van der Waals surface area contributed by atoms with Crippen LogP contribution in [0.15, 0.2) is 173 Å². The van der Waals surface area contributed by atoms with E-state index in [1.807, 2.05) is 66.7 Å². The van der Waals surface area contributed by atoms with Gasteiger partial charge in [0.2, 0.25) is 0 Å². The van der Waals surface area contributed by atoms with Gasteiger partial charge in [-0.05, 0) is 36.4 Å². The van der Waals surface area contributed by atoms with E-state index in [1.54, 1.807) is 0 Å². The molecule has 5 heteroatoms. The maximum absolute atomic E-state index is 6.50. The predicted octanol–water partition coefficient (Wildman–Crippen LogP) is 12.6. The molecule has 0 radical (unpaired) electrons. The summed E-state index contributed by atoms with van der Waals surface area (Å²) in [6.45, 7) is 0. The highest BCUT2D eigenvalue weighted by molar-refractivity contribution is 6.29. The Morgan fingerprint density at radius 2 is 0.981 bits per heavy atom. The smallest absolute Gasteiger partial charge is 0.160 e. The van der Waals surface area contributed by atoms with E-state index < -0.39 is 0 Å². The molecule has 5 nitrogen and oxygen atoms in total. The van der Waals surface area contributed by atoms with Crippen molar-refractivity contribution in [3.8, 4) is 45.2 Å². The lowest BCUT2D eigenvalue weighted by Gasteiger charge is -2.15. The van der Waals surface area contributed by atoms with Crippen LogP contribution in [-0.4, -0.2) is 15.0 Å². The highest BCUT2D eigenvalue weighted by atomic mass is 16.3. The highest BCUT2D eigenvalue weighted by Gasteiger charge is 2.21. The number of rotatable bonds is 4. The first-order chi connectivity index (χ1) is 25.8. The minimum absolute atomic E-state index is 0.630. The van der Waals surface area contributed by atoms with Crippen molar-refractivity contribution < 1.29 is 8.83 Å². The van der Waals surface area contributed by atoms with E-state index in [0.29, 0.717) is 5.82 Å². The summed E-state index contributed by atoms with van der Waals surface area (Å²) >= 11 is 0. The third kappa shape index (κ3) is 4.33. The number of benzene rings is 7. The number of aromatic nitrogens is 3. The summed E-state index contributed by atoms with van der Waals surface area (Å²) in [6, 6.07) is 55.9. The second-order valence-corrected chi connectivity index (χ2v) is 13.1. The Kier molecular flexibility index (Phi) is 6.18. The Morgan fingerprint density at radius 3 is 1.77 bits per heavy atom. The molecule has 11 rings (SSSR count). The highest BCUT2D eigenvalue weighted by Crippen LogP contribution is 2.44. The lowest BCUT2D eigenvalue weighted by atomic mass is 9.94. The predicted molar refractivity (Wildman–Crippen MR) is 211 cm³/mol. The first-order valence-corrected chi connectivity index (χ1v) is 17.4. The molecule has 0 bridgehead atoms. The summed E-state index contributed by atoms with van der Waals surface area (Å²) < 4.78 is 12.9. The van der Waals surface area contributed by atoms with Gasteiger partial charge in [0.15, 0.2) is 5.82 Å². The van der Waals surface area contributed by atoms with E-state index in [4.69, 9.17) is 23.8 Å². The summed E-state index contributed by atoms with van der Waals surface area (Å²) in [5, 5.41) is 7.50. The van der Waals surface area contributed by atoms with Crippen LogP contribution in [0.4, 0.5) is 0 Å². The quantitative estimate of drug-likeness (QED) is 0.175. The molecular formula is C47H27N3O2. The van der Waals surface area contributed by atoms with Crippen LogP contribution < -0.4 is 0 Å². The third-order valence-electron chi connectivity index (χ3n) is 10.1. The molecule has 0 aliphatic carbocycles. The fourth-order valence-corrected chi connectivity index (χ4v) is 7.74. The number of pyridine rings is 1. The van der Waals surface area contributed by atoms with E-state index in [0.717, 1.165) is 105 Å². The minimum Gasteiger partial charge on any atom is -0.456 e. The first-order valence-electron chi connectivity index (χ1n) is 17.4. The number of nitrogens with zero attached hydrogens (tertiary/aromatic N) is 3. The molecule has 4 aromatic heterocycles. The van der Waals surface area contributed by atoms with Crippen molar-refractivity contribution in [3.63, 3.8) is 0 Å². The van der Waals surface area contributed by atoms with E-state index >= 15 is 0 Å². The van der Waals surface area contributed by atoms with Crippen LogP contribution in [0.5, 0.6) is 0 Å². The summed E-state index contributed by atoms with van der Waals surface area (Å²) in [5.74, 6) is 0.630.